The van der Waals surface area contributed by atoms with Crippen LogP contribution in [0.2, 0.25) is 0 Å². The second kappa shape index (κ2) is 8.44. The van der Waals surface area contributed by atoms with E-state index in [1.807, 2.05) is 24.5 Å². The molecule has 2 heteroatoms. The van der Waals surface area contributed by atoms with Crippen LogP contribution in [0.25, 0.3) is 66.0 Å². The van der Waals surface area contributed by atoms with Gasteiger partial charge in [0.25, 0.3) is 0 Å². The largest absolute Gasteiger partial charge is 0.256 e. The molecule has 0 saturated heterocycles. The molecule has 0 spiro atoms. The van der Waals surface area contributed by atoms with Crippen molar-refractivity contribution in [2.24, 2.45) is 0 Å². The van der Waals surface area contributed by atoms with Crippen molar-refractivity contribution >= 4 is 32.3 Å². The van der Waals surface area contributed by atoms with Crippen LogP contribution in [0.1, 0.15) is 0 Å². The molecule has 36 heavy (non-hydrogen) atoms. The van der Waals surface area contributed by atoms with Crippen LogP contribution in [-0.2, 0) is 0 Å². The van der Waals surface area contributed by atoms with E-state index < -0.39 is 0 Å². The Morgan fingerprint density at radius 3 is 1.72 bits per heavy atom. The van der Waals surface area contributed by atoms with Crippen molar-refractivity contribution in [1.82, 2.24) is 9.97 Å². The fourth-order valence-corrected chi connectivity index (χ4v) is 5.02. The van der Waals surface area contributed by atoms with Crippen molar-refractivity contribution in [3.05, 3.63) is 134 Å². The lowest BCUT2D eigenvalue weighted by atomic mass is 9.95. The molecule has 0 atom stereocenters. The van der Waals surface area contributed by atoms with Gasteiger partial charge in [0, 0.05) is 34.3 Å². The Hall–Kier alpha value is -4.82. The highest BCUT2D eigenvalue weighted by atomic mass is 14.7. The minimum Gasteiger partial charge on any atom is -0.256 e. The topological polar surface area (TPSA) is 25.8 Å². The summed E-state index contributed by atoms with van der Waals surface area (Å²) in [6.45, 7) is 0. The molecule has 0 saturated carbocycles. The Kier molecular flexibility index (Phi) is 4.82. The Bertz CT molecular complexity index is 1900. The highest BCUT2D eigenvalue weighted by Gasteiger charge is 2.09. The van der Waals surface area contributed by atoms with Crippen molar-refractivity contribution in [3.63, 3.8) is 0 Å². The monoisotopic (exact) mass is 458 g/mol. The van der Waals surface area contributed by atoms with Crippen LogP contribution < -0.4 is 0 Å². The van der Waals surface area contributed by atoms with Gasteiger partial charge < -0.3 is 0 Å². The first-order chi connectivity index (χ1) is 17.8. The molecule has 2 aromatic heterocycles. The summed E-state index contributed by atoms with van der Waals surface area (Å²) in [4.78, 5) is 9.49. The van der Waals surface area contributed by atoms with E-state index in [4.69, 9.17) is 9.97 Å². The van der Waals surface area contributed by atoms with Gasteiger partial charge in [0.15, 0.2) is 0 Å². The number of benzene rings is 5. The predicted octanol–water partition coefficient (Wildman–Crippen LogP) is 8.94. The molecule has 0 amide bonds. The summed E-state index contributed by atoms with van der Waals surface area (Å²) in [5.74, 6) is 0. The van der Waals surface area contributed by atoms with Gasteiger partial charge in [0.2, 0.25) is 0 Å². The van der Waals surface area contributed by atoms with Crippen LogP contribution in [0.3, 0.4) is 0 Å². The average molecular weight is 459 g/mol. The van der Waals surface area contributed by atoms with Gasteiger partial charge in [0.1, 0.15) is 0 Å². The number of aromatic nitrogens is 2. The van der Waals surface area contributed by atoms with Gasteiger partial charge >= 0.3 is 0 Å². The molecule has 7 rings (SSSR count). The fraction of sp³-hybridized carbons (Fsp3) is 0. The van der Waals surface area contributed by atoms with E-state index in [0.29, 0.717) is 0 Å². The molecule has 0 aliphatic carbocycles. The summed E-state index contributed by atoms with van der Waals surface area (Å²) in [6.07, 6.45) is 3.92. The molecule has 0 N–H and O–H groups in total. The van der Waals surface area contributed by atoms with E-state index in [2.05, 4.69) is 109 Å². The fourth-order valence-electron chi connectivity index (χ4n) is 5.02. The lowest BCUT2D eigenvalue weighted by molar-refractivity contribution is 1.36. The summed E-state index contributed by atoms with van der Waals surface area (Å²) < 4.78 is 0. The van der Waals surface area contributed by atoms with Crippen molar-refractivity contribution in [2.45, 2.75) is 0 Å². The van der Waals surface area contributed by atoms with Crippen LogP contribution in [-0.4, -0.2) is 9.97 Å². The van der Waals surface area contributed by atoms with E-state index in [1.165, 1.54) is 32.7 Å². The van der Waals surface area contributed by atoms with Crippen LogP contribution in [0.4, 0.5) is 0 Å². The van der Waals surface area contributed by atoms with Crippen molar-refractivity contribution in [3.8, 4) is 33.6 Å². The lowest BCUT2D eigenvalue weighted by Crippen LogP contribution is -1.88. The third-order valence-electron chi connectivity index (χ3n) is 6.91. The van der Waals surface area contributed by atoms with E-state index >= 15 is 0 Å². The quantitative estimate of drug-likeness (QED) is 0.264. The molecule has 0 aliphatic rings. The number of rotatable bonds is 3. The van der Waals surface area contributed by atoms with Crippen LogP contribution in [0.5, 0.6) is 0 Å². The second-order valence-corrected chi connectivity index (χ2v) is 9.16. The molecule has 7 aromatic rings. The summed E-state index contributed by atoms with van der Waals surface area (Å²) in [5, 5.41) is 7.13. The first-order valence-electron chi connectivity index (χ1n) is 12.2. The van der Waals surface area contributed by atoms with Crippen LogP contribution in [0, 0.1) is 0 Å². The normalized spacial score (nSPS) is 11.3. The second-order valence-electron chi connectivity index (χ2n) is 9.16. The first-order valence-corrected chi connectivity index (χ1v) is 12.2. The Labute approximate surface area is 209 Å². The highest BCUT2D eigenvalue weighted by molar-refractivity contribution is 5.99. The van der Waals surface area contributed by atoms with Gasteiger partial charge in [-0.2, -0.15) is 0 Å². The molecule has 0 bridgehead atoms. The summed E-state index contributed by atoms with van der Waals surface area (Å²) in [5.41, 5.74) is 6.62. The summed E-state index contributed by atoms with van der Waals surface area (Å²) >= 11 is 0. The van der Waals surface area contributed by atoms with E-state index in [0.717, 1.165) is 33.3 Å². The zero-order valence-electron chi connectivity index (χ0n) is 19.6. The van der Waals surface area contributed by atoms with E-state index in [-0.39, 0.29) is 0 Å². The number of hydrogen-bond acceptors (Lipinski definition) is 2. The third kappa shape index (κ3) is 3.60. The molecule has 0 fully saturated rings. The number of nitrogens with zero attached hydrogens (tertiary/aromatic N) is 2. The zero-order valence-corrected chi connectivity index (χ0v) is 19.6. The Morgan fingerprint density at radius 1 is 0.361 bits per heavy atom. The molecule has 0 radical (unpaired) electrons. The van der Waals surface area contributed by atoms with Gasteiger partial charge in [-0.05, 0) is 56.9 Å². The van der Waals surface area contributed by atoms with Crippen molar-refractivity contribution < 1.29 is 0 Å². The van der Waals surface area contributed by atoms with Crippen LogP contribution in [0.15, 0.2) is 134 Å². The first kappa shape index (κ1) is 20.5. The predicted molar refractivity (Wildman–Crippen MR) is 151 cm³/mol. The number of fused-ring (bicyclic) bond motifs is 3. The van der Waals surface area contributed by atoms with E-state index in [9.17, 15) is 0 Å². The minimum atomic E-state index is 0.987. The molecule has 168 valence electrons. The van der Waals surface area contributed by atoms with Gasteiger partial charge in [-0.1, -0.05) is 97.1 Å². The van der Waals surface area contributed by atoms with Gasteiger partial charge in [-0.15, -0.1) is 0 Å². The van der Waals surface area contributed by atoms with Gasteiger partial charge in [-0.3, -0.25) is 9.97 Å². The molecule has 2 nitrogen and oxygen atoms in total. The molecular formula is C34H22N2. The molecular weight excluding hydrogens is 436 g/mol. The maximum Gasteiger partial charge on any atom is 0.0714 e. The smallest absolute Gasteiger partial charge is 0.0714 e. The zero-order chi connectivity index (χ0) is 23.9. The van der Waals surface area contributed by atoms with Crippen molar-refractivity contribution in [2.75, 3.05) is 0 Å². The molecule has 2 heterocycles. The minimum absolute atomic E-state index is 0.987. The maximum atomic E-state index is 4.77. The van der Waals surface area contributed by atoms with E-state index in [1.54, 1.807) is 0 Å². The van der Waals surface area contributed by atoms with Crippen molar-refractivity contribution in [1.29, 1.82) is 0 Å². The standard InChI is InChI=1S/C34H22N2/c1-3-9-29-21-35-33(19-24(29)7-1)28-13-5-11-23(18-28)26-15-16-31-27(17-26)12-6-14-32(31)34-20-25-8-2-4-10-30(25)22-36-34/h1-22H. The lowest BCUT2D eigenvalue weighted by Gasteiger charge is -2.10. The molecule has 0 aliphatic heterocycles. The summed E-state index contributed by atoms with van der Waals surface area (Å²) in [6, 6.07) is 42.8. The number of hydrogen-bond donors (Lipinski definition) is 0. The SMILES string of the molecule is c1cc(-c2ccc3c(-c4cc5ccccc5cn4)cccc3c2)cc(-c2cc3ccccc3cn2)c1. The Balaban J connectivity index is 1.29. The van der Waals surface area contributed by atoms with Gasteiger partial charge in [0.05, 0.1) is 11.4 Å². The number of pyridine rings is 2. The Morgan fingerprint density at radius 2 is 0.944 bits per heavy atom. The summed E-state index contributed by atoms with van der Waals surface area (Å²) in [7, 11) is 0. The molecule has 5 aromatic carbocycles. The maximum absolute atomic E-state index is 4.77. The highest BCUT2D eigenvalue weighted by Crippen LogP contribution is 2.33. The third-order valence-corrected chi connectivity index (χ3v) is 6.91. The average Bonchev–Trinajstić information content (AvgIpc) is 2.96. The van der Waals surface area contributed by atoms with Crippen LogP contribution >= 0.6 is 0 Å². The van der Waals surface area contributed by atoms with Gasteiger partial charge in [-0.25, -0.2) is 0 Å². The molecule has 0 unspecified atom stereocenters.